The zero-order chi connectivity index (χ0) is 17.9. The average Bonchev–Trinajstić information content (AvgIpc) is 2.85. The highest BCUT2D eigenvalue weighted by atomic mass is 16.5. The Morgan fingerprint density at radius 1 is 1.16 bits per heavy atom. The third-order valence-electron chi connectivity index (χ3n) is 5.47. The molecule has 1 aromatic carbocycles. The van der Waals surface area contributed by atoms with E-state index >= 15 is 0 Å². The maximum Gasteiger partial charge on any atom is 0.235 e. The molecule has 25 heavy (non-hydrogen) atoms. The van der Waals surface area contributed by atoms with Crippen LogP contribution in [0.15, 0.2) is 24.3 Å². The van der Waals surface area contributed by atoms with Gasteiger partial charge >= 0.3 is 0 Å². The monoisotopic (exact) mass is 345 g/mol. The van der Waals surface area contributed by atoms with Crippen molar-refractivity contribution in [3.63, 3.8) is 0 Å². The Bertz CT molecular complexity index is 619. The molecule has 136 valence electrons. The van der Waals surface area contributed by atoms with Crippen molar-refractivity contribution in [3.05, 3.63) is 29.8 Å². The van der Waals surface area contributed by atoms with Gasteiger partial charge in [0, 0.05) is 6.42 Å². The molecule has 0 radical (unpaired) electrons. The zero-order valence-electron chi connectivity index (χ0n) is 14.9. The van der Waals surface area contributed by atoms with Gasteiger partial charge in [0.2, 0.25) is 11.8 Å². The Balaban J connectivity index is 1.54. The fraction of sp³-hybridized carbons (Fsp3) is 0.600. The summed E-state index contributed by atoms with van der Waals surface area (Å²) in [6, 6.07) is 7.72. The van der Waals surface area contributed by atoms with Crippen molar-refractivity contribution in [2.75, 3.05) is 13.2 Å². The van der Waals surface area contributed by atoms with Crippen LogP contribution in [-0.4, -0.2) is 41.1 Å². The molecule has 5 nitrogen and oxygen atoms in total. The Kier molecular flexibility index (Phi) is 5.42. The first kappa shape index (κ1) is 17.9. The van der Waals surface area contributed by atoms with E-state index < -0.39 is 11.5 Å². The van der Waals surface area contributed by atoms with Crippen molar-refractivity contribution in [2.45, 2.75) is 58.0 Å². The minimum atomic E-state index is -0.877. The number of ether oxygens (including phenoxy) is 1. The molecule has 1 N–H and O–H groups in total. The largest absolute Gasteiger partial charge is 0.491 e. The van der Waals surface area contributed by atoms with Gasteiger partial charge in [-0.3, -0.25) is 14.5 Å². The molecule has 1 saturated heterocycles. The minimum absolute atomic E-state index is 0.0203. The van der Waals surface area contributed by atoms with Crippen LogP contribution in [0.5, 0.6) is 5.75 Å². The quantitative estimate of drug-likeness (QED) is 0.805. The summed E-state index contributed by atoms with van der Waals surface area (Å²) in [5, 5.41) is 10.2. The van der Waals surface area contributed by atoms with Crippen LogP contribution >= 0.6 is 0 Å². The molecule has 0 bridgehead atoms. The molecule has 0 unspecified atom stereocenters. The van der Waals surface area contributed by atoms with E-state index in [1.54, 1.807) is 0 Å². The number of carbonyl (C=O) groups excluding carboxylic acids is 2. The number of aliphatic hydroxyl groups excluding tert-OH is 1. The summed E-state index contributed by atoms with van der Waals surface area (Å²) in [6.45, 7) is 2.17. The second-order valence-electron chi connectivity index (χ2n) is 7.29. The number of carbonyl (C=O) groups is 2. The van der Waals surface area contributed by atoms with Crippen molar-refractivity contribution in [3.8, 4) is 5.75 Å². The van der Waals surface area contributed by atoms with Gasteiger partial charge in [-0.2, -0.15) is 0 Å². The Morgan fingerprint density at radius 3 is 2.48 bits per heavy atom. The fourth-order valence-corrected chi connectivity index (χ4v) is 3.94. The molecular weight excluding hydrogens is 318 g/mol. The molecule has 1 heterocycles. The lowest BCUT2D eigenvalue weighted by Crippen LogP contribution is -2.42. The summed E-state index contributed by atoms with van der Waals surface area (Å²) < 4.78 is 5.59. The third-order valence-corrected chi connectivity index (χ3v) is 5.47. The molecule has 2 aliphatic rings. The van der Waals surface area contributed by atoms with Crippen molar-refractivity contribution < 1.29 is 19.4 Å². The van der Waals surface area contributed by atoms with Crippen LogP contribution in [0.3, 0.4) is 0 Å². The molecule has 2 fully saturated rings. The van der Waals surface area contributed by atoms with Gasteiger partial charge in [0.25, 0.3) is 0 Å². The van der Waals surface area contributed by atoms with E-state index in [1.807, 2.05) is 24.3 Å². The number of β-amino-alcohol motifs (C(OH)–C–C–N with tert-alkyl or cyclic N) is 1. The van der Waals surface area contributed by atoms with Crippen LogP contribution in [0.1, 0.15) is 51.0 Å². The van der Waals surface area contributed by atoms with Gasteiger partial charge in [0.1, 0.15) is 18.5 Å². The van der Waals surface area contributed by atoms with E-state index in [-0.39, 0.29) is 25.0 Å². The highest BCUT2D eigenvalue weighted by Gasteiger charge is 2.51. The van der Waals surface area contributed by atoms with Crippen molar-refractivity contribution in [2.24, 2.45) is 5.41 Å². The van der Waals surface area contributed by atoms with Gasteiger partial charge in [-0.05, 0) is 37.0 Å². The average molecular weight is 345 g/mol. The SMILES string of the molecule is CCc1ccc(OC[C@@H](O)CN2C(=O)CC3(CCCCC3)C2=O)cc1. The molecule has 5 heteroatoms. The van der Waals surface area contributed by atoms with Crippen LogP contribution in [0.2, 0.25) is 0 Å². The maximum absolute atomic E-state index is 12.7. The van der Waals surface area contributed by atoms with E-state index in [1.165, 1.54) is 10.5 Å². The Labute approximate surface area is 149 Å². The highest BCUT2D eigenvalue weighted by Crippen LogP contribution is 2.45. The zero-order valence-corrected chi connectivity index (χ0v) is 14.9. The van der Waals surface area contributed by atoms with Gasteiger partial charge in [-0.25, -0.2) is 0 Å². The molecule has 1 aliphatic carbocycles. The summed E-state index contributed by atoms with van der Waals surface area (Å²) >= 11 is 0. The smallest absolute Gasteiger partial charge is 0.235 e. The topological polar surface area (TPSA) is 66.8 Å². The van der Waals surface area contributed by atoms with Gasteiger partial charge in [-0.15, -0.1) is 0 Å². The van der Waals surface area contributed by atoms with Crippen molar-refractivity contribution in [1.82, 2.24) is 4.90 Å². The predicted octanol–water partition coefficient (Wildman–Crippen LogP) is 2.70. The summed E-state index contributed by atoms with van der Waals surface area (Å²) in [4.78, 5) is 26.3. The van der Waals surface area contributed by atoms with E-state index in [9.17, 15) is 14.7 Å². The van der Waals surface area contributed by atoms with Crippen LogP contribution in [0, 0.1) is 5.41 Å². The summed E-state index contributed by atoms with van der Waals surface area (Å²) in [7, 11) is 0. The van der Waals surface area contributed by atoms with Crippen LogP contribution < -0.4 is 4.74 Å². The van der Waals surface area contributed by atoms with E-state index in [0.717, 1.165) is 38.5 Å². The molecule has 1 aliphatic heterocycles. The van der Waals surface area contributed by atoms with E-state index in [0.29, 0.717) is 12.2 Å². The number of aliphatic hydroxyl groups is 1. The first-order valence-corrected chi connectivity index (χ1v) is 9.29. The number of likely N-dealkylation sites (tertiary alicyclic amines) is 1. The second-order valence-corrected chi connectivity index (χ2v) is 7.29. The number of aryl methyl sites for hydroxylation is 1. The van der Waals surface area contributed by atoms with Gasteiger partial charge in [0.05, 0.1) is 12.0 Å². The Hall–Kier alpha value is -1.88. The molecule has 1 aromatic rings. The lowest BCUT2D eigenvalue weighted by atomic mass is 9.73. The molecule has 2 amide bonds. The lowest BCUT2D eigenvalue weighted by Gasteiger charge is -2.30. The number of imide groups is 1. The molecular formula is C20H27NO4. The van der Waals surface area contributed by atoms with Crippen molar-refractivity contribution >= 4 is 11.8 Å². The number of hydrogen-bond acceptors (Lipinski definition) is 4. The van der Waals surface area contributed by atoms with Gasteiger partial charge < -0.3 is 9.84 Å². The first-order chi connectivity index (χ1) is 12.0. The minimum Gasteiger partial charge on any atom is -0.491 e. The number of hydrogen-bond donors (Lipinski definition) is 1. The van der Waals surface area contributed by atoms with Gasteiger partial charge in [-0.1, -0.05) is 38.3 Å². The number of benzene rings is 1. The van der Waals surface area contributed by atoms with Crippen LogP contribution in [0.4, 0.5) is 0 Å². The maximum atomic E-state index is 12.7. The molecule has 1 saturated carbocycles. The number of nitrogens with zero attached hydrogens (tertiary/aromatic N) is 1. The van der Waals surface area contributed by atoms with Crippen LogP contribution in [-0.2, 0) is 16.0 Å². The molecule has 1 spiro atoms. The summed E-state index contributed by atoms with van der Waals surface area (Å²) in [6.07, 6.45) is 5.13. The molecule has 1 atom stereocenters. The highest BCUT2D eigenvalue weighted by molar-refractivity contribution is 6.05. The molecule has 0 aromatic heterocycles. The van der Waals surface area contributed by atoms with Crippen molar-refractivity contribution in [1.29, 1.82) is 0 Å². The standard InChI is InChI=1S/C20H27NO4/c1-2-15-6-8-17(9-7-15)25-14-16(22)13-21-18(23)12-20(19(21)24)10-4-3-5-11-20/h6-9,16,22H,2-5,10-14H2,1H3/t16-/m0/s1. The van der Waals surface area contributed by atoms with E-state index in [2.05, 4.69) is 6.92 Å². The molecule has 3 rings (SSSR count). The number of rotatable bonds is 6. The predicted molar refractivity (Wildman–Crippen MR) is 94.2 cm³/mol. The normalized spacial score (nSPS) is 21.0. The third kappa shape index (κ3) is 3.87. The van der Waals surface area contributed by atoms with E-state index in [4.69, 9.17) is 4.74 Å². The summed E-state index contributed by atoms with van der Waals surface area (Å²) in [5.74, 6) is 0.431. The second kappa shape index (κ2) is 7.56. The lowest BCUT2D eigenvalue weighted by molar-refractivity contribution is -0.144. The number of amides is 2. The van der Waals surface area contributed by atoms with Gasteiger partial charge in [0.15, 0.2) is 0 Å². The Morgan fingerprint density at radius 2 is 1.84 bits per heavy atom. The first-order valence-electron chi connectivity index (χ1n) is 9.29. The summed E-state index contributed by atoms with van der Waals surface area (Å²) in [5.41, 5.74) is 0.727. The van der Waals surface area contributed by atoms with Crippen LogP contribution in [0.25, 0.3) is 0 Å². The fourth-order valence-electron chi connectivity index (χ4n) is 3.94.